The number of nitrogens with one attached hydrogen (secondary N) is 2. The number of aromatic amines is 1. The molecule has 1 amide bonds. The summed E-state index contributed by atoms with van der Waals surface area (Å²) in [5.74, 6) is 1.68. The van der Waals surface area contributed by atoms with Crippen molar-refractivity contribution in [3.05, 3.63) is 52.1 Å². The number of carbonyl (C=O) groups is 1. The number of hydrogen-bond acceptors (Lipinski definition) is 5. The Morgan fingerprint density at radius 3 is 2.32 bits per heavy atom. The first-order valence-corrected chi connectivity index (χ1v) is 9.20. The Hall–Kier alpha value is -3.00. The quantitative estimate of drug-likeness (QED) is 0.586. The Labute approximate surface area is 171 Å². The van der Waals surface area contributed by atoms with Crippen LogP contribution in [0.3, 0.4) is 0 Å². The molecule has 0 bridgehead atoms. The summed E-state index contributed by atoms with van der Waals surface area (Å²) >= 11 is 3.38. The summed E-state index contributed by atoms with van der Waals surface area (Å²) < 4.78 is 17.1. The van der Waals surface area contributed by atoms with Crippen molar-refractivity contribution in [3.8, 4) is 28.4 Å². The van der Waals surface area contributed by atoms with E-state index in [4.69, 9.17) is 14.2 Å². The van der Waals surface area contributed by atoms with Crippen molar-refractivity contribution < 1.29 is 19.0 Å². The molecular formula is C20H20BrN3O4. The van der Waals surface area contributed by atoms with Crippen molar-refractivity contribution in [3.63, 3.8) is 0 Å². The molecule has 0 saturated heterocycles. The van der Waals surface area contributed by atoms with Gasteiger partial charge >= 0.3 is 0 Å². The van der Waals surface area contributed by atoms with Gasteiger partial charge in [0.25, 0.3) is 5.91 Å². The smallest absolute Gasteiger partial charge is 0.256 e. The number of methoxy groups -OCH3 is 3. The molecule has 1 aromatic heterocycles. The molecular weight excluding hydrogens is 426 g/mol. The monoisotopic (exact) mass is 445 g/mol. The van der Waals surface area contributed by atoms with Gasteiger partial charge in [0.15, 0.2) is 17.3 Å². The van der Waals surface area contributed by atoms with Crippen LogP contribution in [0.2, 0.25) is 0 Å². The molecule has 0 saturated carbocycles. The van der Waals surface area contributed by atoms with Gasteiger partial charge in [-0.25, -0.2) is 0 Å². The lowest BCUT2D eigenvalue weighted by Crippen LogP contribution is -2.12. The number of anilines is 1. The van der Waals surface area contributed by atoms with Gasteiger partial charge in [-0.05, 0) is 42.8 Å². The first-order chi connectivity index (χ1) is 13.5. The number of ether oxygens (including phenoxy) is 3. The van der Waals surface area contributed by atoms with Gasteiger partial charge in [-0.3, -0.25) is 9.89 Å². The lowest BCUT2D eigenvalue weighted by atomic mass is 10.0. The minimum absolute atomic E-state index is 0.263. The van der Waals surface area contributed by atoms with E-state index in [0.717, 1.165) is 21.3 Å². The van der Waals surface area contributed by atoms with Crippen LogP contribution in [-0.2, 0) is 0 Å². The van der Waals surface area contributed by atoms with Crippen molar-refractivity contribution in [2.24, 2.45) is 0 Å². The molecule has 0 aliphatic heterocycles. The Kier molecular flexibility index (Phi) is 5.89. The maximum Gasteiger partial charge on any atom is 0.256 e. The topological polar surface area (TPSA) is 85.5 Å². The van der Waals surface area contributed by atoms with Gasteiger partial charge < -0.3 is 19.5 Å². The number of H-pyrrole nitrogens is 1. The van der Waals surface area contributed by atoms with Gasteiger partial charge in [0, 0.05) is 21.3 Å². The highest BCUT2D eigenvalue weighted by Gasteiger charge is 2.20. The highest BCUT2D eigenvalue weighted by molar-refractivity contribution is 9.10. The minimum Gasteiger partial charge on any atom is -0.493 e. The SMILES string of the molecule is COc1cc(-c2c(NC(=O)c3cccc(Br)c3)n[nH]c2C)cc(OC)c1OC. The first-order valence-electron chi connectivity index (χ1n) is 8.40. The van der Waals surface area contributed by atoms with Gasteiger partial charge in [-0.1, -0.05) is 22.0 Å². The molecule has 0 spiro atoms. The molecule has 0 aliphatic carbocycles. The molecule has 1 heterocycles. The highest BCUT2D eigenvalue weighted by Crippen LogP contribution is 2.43. The number of carbonyl (C=O) groups excluding carboxylic acids is 1. The number of halogens is 1. The third-order valence-electron chi connectivity index (χ3n) is 4.22. The average Bonchev–Trinajstić information content (AvgIpc) is 3.06. The number of benzene rings is 2. The van der Waals surface area contributed by atoms with Crippen molar-refractivity contribution >= 4 is 27.7 Å². The Morgan fingerprint density at radius 1 is 1.07 bits per heavy atom. The second kappa shape index (κ2) is 8.35. The van der Waals surface area contributed by atoms with Crippen molar-refractivity contribution in [1.82, 2.24) is 10.2 Å². The van der Waals surface area contributed by atoms with Gasteiger partial charge in [-0.15, -0.1) is 0 Å². The summed E-state index contributed by atoms with van der Waals surface area (Å²) in [6.07, 6.45) is 0. The van der Waals surface area contributed by atoms with E-state index in [1.54, 1.807) is 39.5 Å². The van der Waals surface area contributed by atoms with Gasteiger partial charge in [0.2, 0.25) is 5.75 Å². The van der Waals surface area contributed by atoms with E-state index < -0.39 is 0 Å². The van der Waals surface area contributed by atoms with Crippen molar-refractivity contribution in [1.29, 1.82) is 0 Å². The number of aromatic nitrogens is 2. The minimum atomic E-state index is -0.263. The largest absolute Gasteiger partial charge is 0.493 e. The Morgan fingerprint density at radius 2 is 1.75 bits per heavy atom. The highest BCUT2D eigenvalue weighted by atomic mass is 79.9. The number of hydrogen-bond donors (Lipinski definition) is 2. The van der Waals surface area contributed by atoms with Crippen LogP contribution in [0, 0.1) is 6.92 Å². The van der Waals surface area contributed by atoms with Crippen LogP contribution >= 0.6 is 15.9 Å². The molecule has 0 fully saturated rings. The molecule has 3 rings (SSSR count). The fourth-order valence-electron chi connectivity index (χ4n) is 2.91. The van der Waals surface area contributed by atoms with Gasteiger partial charge in [0.1, 0.15) is 0 Å². The maximum absolute atomic E-state index is 12.7. The average molecular weight is 446 g/mol. The molecule has 0 unspecified atom stereocenters. The first kappa shape index (κ1) is 19.8. The number of nitrogens with zero attached hydrogens (tertiary/aromatic N) is 1. The molecule has 2 aromatic carbocycles. The summed E-state index contributed by atoms with van der Waals surface area (Å²) in [7, 11) is 4.66. The van der Waals surface area contributed by atoms with Crippen LogP contribution in [0.25, 0.3) is 11.1 Å². The standard InChI is InChI=1S/C20H20BrN3O4/c1-11-17(13-9-15(26-2)18(28-4)16(10-13)27-3)19(24-23-11)22-20(25)12-6-5-7-14(21)8-12/h5-10H,1-4H3,(H2,22,23,24,25). The predicted molar refractivity (Wildman–Crippen MR) is 111 cm³/mol. The zero-order chi connectivity index (χ0) is 20.3. The van der Waals surface area contributed by atoms with Crippen LogP contribution in [-0.4, -0.2) is 37.4 Å². The van der Waals surface area contributed by atoms with Crippen LogP contribution < -0.4 is 19.5 Å². The van der Waals surface area contributed by atoms with E-state index in [0.29, 0.717) is 28.6 Å². The molecule has 0 atom stereocenters. The Bertz CT molecular complexity index is 991. The van der Waals surface area contributed by atoms with Gasteiger partial charge in [-0.2, -0.15) is 5.10 Å². The zero-order valence-corrected chi connectivity index (χ0v) is 17.5. The van der Waals surface area contributed by atoms with Crippen LogP contribution in [0.1, 0.15) is 16.1 Å². The molecule has 146 valence electrons. The van der Waals surface area contributed by atoms with E-state index in [1.165, 1.54) is 0 Å². The fourth-order valence-corrected chi connectivity index (χ4v) is 3.31. The van der Waals surface area contributed by atoms with Crippen molar-refractivity contribution in [2.75, 3.05) is 26.6 Å². The summed E-state index contributed by atoms with van der Waals surface area (Å²) in [5.41, 5.74) is 2.82. The third kappa shape index (κ3) is 3.82. The van der Waals surface area contributed by atoms with E-state index in [9.17, 15) is 4.79 Å². The normalized spacial score (nSPS) is 10.5. The third-order valence-corrected chi connectivity index (χ3v) is 4.71. The van der Waals surface area contributed by atoms with Crippen molar-refractivity contribution in [2.45, 2.75) is 6.92 Å². The molecule has 7 nitrogen and oxygen atoms in total. The second-order valence-corrected chi connectivity index (χ2v) is 6.87. The maximum atomic E-state index is 12.7. The van der Waals surface area contributed by atoms with E-state index >= 15 is 0 Å². The number of rotatable bonds is 6. The molecule has 0 radical (unpaired) electrons. The summed E-state index contributed by atoms with van der Waals surface area (Å²) in [4.78, 5) is 12.7. The summed E-state index contributed by atoms with van der Waals surface area (Å²) in [5, 5.41) is 10.0. The summed E-state index contributed by atoms with van der Waals surface area (Å²) in [6.45, 7) is 1.88. The number of amides is 1. The lowest BCUT2D eigenvalue weighted by Gasteiger charge is -2.15. The predicted octanol–water partition coefficient (Wildman–Crippen LogP) is 4.43. The summed E-state index contributed by atoms with van der Waals surface area (Å²) in [6, 6.07) is 10.8. The van der Waals surface area contributed by atoms with Crippen LogP contribution in [0.5, 0.6) is 17.2 Å². The molecule has 2 N–H and O–H groups in total. The lowest BCUT2D eigenvalue weighted by molar-refractivity contribution is 0.102. The zero-order valence-electron chi connectivity index (χ0n) is 15.9. The fraction of sp³-hybridized carbons (Fsp3) is 0.200. The van der Waals surface area contributed by atoms with Gasteiger partial charge in [0.05, 0.1) is 21.3 Å². The molecule has 28 heavy (non-hydrogen) atoms. The van der Waals surface area contributed by atoms with E-state index in [2.05, 4.69) is 31.4 Å². The molecule has 8 heteroatoms. The van der Waals surface area contributed by atoms with Crippen LogP contribution in [0.4, 0.5) is 5.82 Å². The van der Waals surface area contributed by atoms with E-state index in [1.807, 2.05) is 25.1 Å². The number of aryl methyl sites for hydroxylation is 1. The van der Waals surface area contributed by atoms with E-state index in [-0.39, 0.29) is 5.91 Å². The molecule has 0 aliphatic rings. The molecule has 3 aromatic rings. The Balaban J connectivity index is 2.03. The second-order valence-electron chi connectivity index (χ2n) is 5.95. The van der Waals surface area contributed by atoms with Crippen LogP contribution in [0.15, 0.2) is 40.9 Å².